The molecule has 8 nitrogen and oxygen atoms in total. The molecular weight excluding hydrogens is 278 g/mol. The highest BCUT2D eigenvalue weighted by Gasteiger charge is 2.19. The van der Waals surface area contributed by atoms with Crippen LogP contribution in [0.25, 0.3) is 0 Å². The fourth-order valence-electron chi connectivity index (χ4n) is 2.03. The molecule has 0 amide bonds. The zero-order valence-corrected chi connectivity index (χ0v) is 11.8. The summed E-state index contributed by atoms with van der Waals surface area (Å²) in [6, 6.07) is 3.63. The van der Waals surface area contributed by atoms with E-state index in [1.807, 2.05) is 6.92 Å². The zero-order chi connectivity index (χ0) is 15.8. The monoisotopic (exact) mass is 297 g/mol. The van der Waals surface area contributed by atoms with Crippen molar-refractivity contribution >= 4 is 11.4 Å². The van der Waals surface area contributed by atoms with Crippen LogP contribution in [0.1, 0.15) is 25.3 Å². The first kappa shape index (κ1) is 17.0. The molecule has 0 bridgehead atoms. The van der Waals surface area contributed by atoms with Crippen LogP contribution in [0, 0.1) is 26.1 Å². The van der Waals surface area contributed by atoms with Gasteiger partial charge < -0.3 is 10.4 Å². The van der Waals surface area contributed by atoms with Crippen LogP contribution >= 0.6 is 0 Å². The van der Waals surface area contributed by atoms with Crippen LogP contribution < -0.4 is 5.32 Å². The lowest BCUT2D eigenvalue weighted by molar-refractivity contribution is -0.394. The van der Waals surface area contributed by atoms with E-state index in [0.29, 0.717) is 24.4 Å². The molecule has 116 valence electrons. The molecule has 0 saturated carbocycles. The highest BCUT2D eigenvalue weighted by molar-refractivity contribution is 5.49. The van der Waals surface area contributed by atoms with E-state index in [0.717, 1.165) is 12.5 Å². The number of nitro groups is 2. The number of hydrogen-bond acceptors (Lipinski definition) is 6. The summed E-state index contributed by atoms with van der Waals surface area (Å²) in [5, 5.41) is 33.6. The van der Waals surface area contributed by atoms with E-state index in [9.17, 15) is 20.2 Å². The maximum atomic E-state index is 11.0. The highest BCUT2D eigenvalue weighted by atomic mass is 16.6. The molecule has 1 rings (SSSR count). The fourth-order valence-corrected chi connectivity index (χ4v) is 2.03. The van der Waals surface area contributed by atoms with Crippen LogP contribution in [0.3, 0.4) is 0 Å². The zero-order valence-electron chi connectivity index (χ0n) is 11.8. The molecule has 0 aromatic heterocycles. The smallest absolute Gasteiger partial charge is 0.280 e. The van der Waals surface area contributed by atoms with Gasteiger partial charge in [-0.3, -0.25) is 20.2 Å². The molecule has 1 atom stereocenters. The second-order valence-electron chi connectivity index (χ2n) is 4.74. The van der Waals surface area contributed by atoms with Gasteiger partial charge in [-0.1, -0.05) is 13.3 Å². The molecule has 0 aliphatic carbocycles. The predicted octanol–water partition coefficient (Wildman–Crippen LogP) is 2.00. The van der Waals surface area contributed by atoms with Gasteiger partial charge in [-0.25, -0.2) is 0 Å². The average Bonchev–Trinajstić information content (AvgIpc) is 2.46. The van der Waals surface area contributed by atoms with Crippen molar-refractivity contribution in [3.8, 4) is 0 Å². The van der Waals surface area contributed by atoms with Gasteiger partial charge in [0.1, 0.15) is 0 Å². The molecule has 1 aromatic carbocycles. The van der Waals surface area contributed by atoms with E-state index < -0.39 is 9.85 Å². The number of nitrogens with zero attached hydrogens (tertiary/aromatic N) is 2. The van der Waals surface area contributed by atoms with Crippen molar-refractivity contribution in [3.63, 3.8) is 0 Å². The van der Waals surface area contributed by atoms with Gasteiger partial charge in [0, 0.05) is 24.8 Å². The number of aliphatic hydroxyl groups is 1. The average molecular weight is 297 g/mol. The van der Waals surface area contributed by atoms with Gasteiger partial charge in [-0.05, 0) is 24.9 Å². The third-order valence-electron chi connectivity index (χ3n) is 3.34. The van der Waals surface area contributed by atoms with Gasteiger partial charge in [0.05, 0.1) is 15.9 Å². The molecule has 0 heterocycles. The second-order valence-corrected chi connectivity index (χ2v) is 4.74. The molecule has 0 aliphatic rings. The Kier molecular flexibility index (Phi) is 6.70. The number of nitrogens with one attached hydrogen (secondary N) is 1. The molecule has 21 heavy (non-hydrogen) atoms. The Hall–Kier alpha value is -2.06. The molecular formula is C13H19N3O5. The maximum Gasteiger partial charge on any atom is 0.280 e. The molecule has 8 heteroatoms. The molecule has 1 unspecified atom stereocenters. The number of nitro benzene ring substituents is 2. The third kappa shape index (κ3) is 5.09. The first-order valence-electron chi connectivity index (χ1n) is 6.72. The lowest BCUT2D eigenvalue weighted by Gasteiger charge is -2.14. The van der Waals surface area contributed by atoms with Crippen LogP contribution in [0.5, 0.6) is 0 Å². The lowest BCUT2D eigenvalue weighted by atomic mass is 10.0. The van der Waals surface area contributed by atoms with Gasteiger partial charge in [0.2, 0.25) is 0 Å². The van der Waals surface area contributed by atoms with Crippen molar-refractivity contribution in [1.29, 1.82) is 0 Å². The SMILES string of the molecule is CCC(CCO)CNCc1ccc([N+](=O)[O-])cc1[N+](=O)[O-]. The Morgan fingerprint density at radius 1 is 1.29 bits per heavy atom. The van der Waals surface area contributed by atoms with Gasteiger partial charge in [-0.2, -0.15) is 0 Å². The van der Waals surface area contributed by atoms with Crippen molar-refractivity contribution in [2.45, 2.75) is 26.3 Å². The highest BCUT2D eigenvalue weighted by Crippen LogP contribution is 2.24. The van der Waals surface area contributed by atoms with Gasteiger partial charge >= 0.3 is 0 Å². The Bertz CT molecular complexity index is 507. The summed E-state index contributed by atoms with van der Waals surface area (Å²) < 4.78 is 0. The van der Waals surface area contributed by atoms with E-state index in [1.54, 1.807) is 0 Å². The summed E-state index contributed by atoms with van der Waals surface area (Å²) in [6.07, 6.45) is 1.57. The summed E-state index contributed by atoms with van der Waals surface area (Å²) in [7, 11) is 0. The number of benzene rings is 1. The van der Waals surface area contributed by atoms with Crippen molar-refractivity contribution in [2.75, 3.05) is 13.2 Å². The summed E-state index contributed by atoms with van der Waals surface area (Å²) in [5.74, 6) is 0.298. The molecule has 1 aromatic rings. The van der Waals surface area contributed by atoms with Crippen molar-refractivity contribution < 1.29 is 15.0 Å². The largest absolute Gasteiger partial charge is 0.396 e. The van der Waals surface area contributed by atoms with Crippen LogP contribution in [-0.4, -0.2) is 28.1 Å². The minimum Gasteiger partial charge on any atom is -0.396 e. The molecule has 0 saturated heterocycles. The van der Waals surface area contributed by atoms with Crippen molar-refractivity contribution in [2.24, 2.45) is 5.92 Å². The van der Waals surface area contributed by atoms with E-state index >= 15 is 0 Å². The topological polar surface area (TPSA) is 119 Å². The van der Waals surface area contributed by atoms with Gasteiger partial charge in [0.25, 0.3) is 11.4 Å². The number of hydrogen-bond donors (Lipinski definition) is 2. The fraction of sp³-hybridized carbons (Fsp3) is 0.538. The first-order chi connectivity index (χ1) is 9.99. The Balaban J connectivity index is 2.74. The first-order valence-corrected chi connectivity index (χ1v) is 6.72. The number of rotatable bonds is 9. The van der Waals surface area contributed by atoms with Crippen LogP contribution in [0.15, 0.2) is 18.2 Å². The maximum absolute atomic E-state index is 11.0. The van der Waals surface area contributed by atoms with E-state index in [4.69, 9.17) is 5.11 Å². The van der Waals surface area contributed by atoms with Crippen molar-refractivity contribution in [3.05, 3.63) is 44.0 Å². The standard InChI is InChI=1S/C13H19N3O5/c1-2-10(5-6-17)8-14-9-11-3-4-12(15(18)19)7-13(11)16(20)21/h3-4,7,10,14,17H,2,5-6,8-9H2,1H3. The molecule has 0 aliphatic heterocycles. The Morgan fingerprint density at radius 3 is 2.52 bits per heavy atom. The number of aliphatic hydroxyl groups excluding tert-OH is 1. The lowest BCUT2D eigenvalue weighted by Crippen LogP contribution is -2.23. The minimum absolute atomic E-state index is 0.109. The predicted molar refractivity (Wildman–Crippen MR) is 76.9 cm³/mol. The third-order valence-corrected chi connectivity index (χ3v) is 3.34. The quantitative estimate of drug-likeness (QED) is 0.531. The van der Waals surface area contributed by atoms with Gasteiger partial charge in [-0.15, -0.1) is 0 Å². The van der Waals surface area contributed by atoms with Crippen molar-refractivity contribution in [1.82, 2.24) is 5.32 Å². The summed E-state index contributed by atoms with van der Waals surface area (Å²) in [6.45, 7) is 3.01. The molecule has 2 N–H and O–H groups in total. The number of non-ortho nitro benzene ring substituents is 1. The normalized spacial score (nSPS) is 12.1. The molecule has 0 radical (unpaired) electrons. The minimum atomic E-state index is -0.654. The molecule has 0 spiro atoms. The summed E-state index contributed by atoms with van der Waals surface area (Å²) in [5.41, 5.74) is -0.145. The summed E-state index contributed by atoms with van der Waals surface area (Å²) in [4.78, 5) is 20.3. The van der Waals surface area contributed by atoms with Crippen LogP contribution in [0.2, 0.25) is 0 Å². The van der Waals surface area contributed by atoms with Crippen LogP contribution in [0.4, 0.5) is 11.4 Å². The summed E-state index contributed by atoms with van der Waals surface area (Å²) >= 11 is 0. The Morgan fingerprint density at radius 2 is 2.00 bits per heavy atom. The van der Waals surface area contributed by atoms with E-state index in [1.165, 1.54) is 12.1 Å². The van der Waals surface area contributed by atoms with E-state index in [-0.39, 0.29) is 24.5 Å². The van der Waals surface area contributed by atoms with Crippen LogP contribution in [-0.2, 0) is 6.54 Å². The molecule has 0 fully saturated rings. The second kappa shape index (κ2) is 8.28. The van der Waals surface area contributed by atoms with E-state index in [2.05, 4.69) is 5.32 Å². The Labute approximate surface area is 122 Å². The van der Waals surface area contributed by atoms with Gasteiger partial charge in [0.15, 0.2) is 0 Å².